The van der Waals surface area contributed by atoms with E-state index in [0.717, 1.165) is 25.5 Å². The first-order valence-corrected chi connectivity index (χ1v) is 6.58. The lowest BCUT2D eigenvalue weighted by atomic mass is 10.1. The van der Waals surface area contributed by atoms with Crippen LogP contribution in [0.15, 0.2) is 42.7 Å². The highest BCUT2D eigenvalue weighted by Gasteiger charge is 2.08. The number of rotatable bonds is 6. The predicted molar refractivity (Wildman–Crippen MR) is 76.2 cm³/mol. The van der Waals surface area contributed by atoms with Crippen LogP contribution in [0.2, 0.25) is 0 Å². The summed E-state index contributed by atoms with van der Waals surface area (Å²) in [6, 6.07) is 10.1. The first-order chi connectivity index (χ1) is 9.33. The summed E-state index contributed by atoms with van der Waals surface area (Å²) in [6.45, 7) is 5.32. The molecule has 2 rings (SSSR count). The molecule has 0 aliphatic carbocycles. The van der Waals surface area contributed by atoms with Gasteiger partial charge in [-0.1, -0.05) is 31.2 Å². The van der Waals surface area contributed by atoms with Gasteiger partial charge in [0.1, 0.15) is 5.82 Å². The zero-order valence-corrected chi connectivity index (χ0v) is 11.3. The lowest BCUT2D eigenvalue weighted by Gasteiger charge is -2.21. The van der Waals surface area contributed by atoms with Crippen LogP contribution in [0.25, 0.3) is 0 Å². The van der Waals surface area contributed by atoms with Gasteiger partial charge in [-0.15, -0.1) is 0 Å². The summed E-state index contributed by atoms with van der Waals surface area (Å²) in [5.41, 5.74) is 8.26. The van der Waals surface area contributed by atoms with Gasteiger partial charge in [0.05, 0.1) is 6.54 Å². The van der Waals surface area contributed by atoms with E-state index in [1.54, 1.807) is 12.4 Å². The lowest BCUT2D eigenvalue weighted by Crippen LogP contribution is -2.24. The smallest absolute Gasteiger partial charge is 0.142 e. The number of hydrogen-bond donors (Lipinski definition) is 1. The zero-order valence-electron chi connectivity index (χ0n) is 11.3. The monoisotopic (exact) mass is 256 g/mol. The van der Waals surface area contributed by atoms with Crippen LogP contribution < -0.4 is 5.73 Å². The van der Waals surface area contributed by atoms with Crippen molar-refractivity contribution in [1.29, 1.82) is 0 Å². The second kappa shape index (κ2) is 6.97. The van der Waals surface area contributed by atoms with Gasteiger partial charge < -0.3 is 5.73 Å². The van der Waals surface area contributed by atoms with Gasteiger partial charge in [-0.05, 0) is 23.7 Å². The summed E-state index contributed by atoms with van der Waals surface area (Å²) < 4.78 is 0. The number of aromatic nitrogens is 2. The summed E-state index contributed by atoms with van der Waals surface area (Å²) in [4.78, 5) is 10.9. The molecule has 2 N–H and O–H groups in total. The van der Waals surface area contributed by atoms with Crippen LogP contribution >= 0.6 is 0 Å². The Balaban J connectivity index is 2.07. The largest absolute Gasteiger partial charge is 0.326 e. The molecule has 0 bridgehead atoms. The molecule has 0 unspecified atom stereocenters. The fraction of sp³-hybridized carbons (Fsp3) is 0.333. The quantitative estimate of drug-likeness (QED) is 0.858. The molecule has 0 amide bonds. The Hall–Kier alpha value is -1.78. The van der Waals surface area contributed by atoms with Crippen molar-refractivity contribution in [3.8, 4) is 0 Å². The molecule has 19 heavy (non-hydrogen) atoms. The Bertz CT molecular complexity index is 499. The first kappa shape index (κ1) is 13.6. The van der Waals surface area contributed by atoms with Crippen LogP contribution in [0.4, 0.5) is 0 Å². The average molecular weight is 256 g/mol. The normalized spacial score (nSPS) is 10.9. The summed E-state index contributed by atoms with van der Waals surface area (Å²) in [5, 5.41) is 0. The highest BCUT2D eigenvalue weighted by atomic mass is 15.1. The van der Waals surface area contributed by atoms with Gasteiger partial charge in [0.25, 0.3) is 0 Å². The predicted octanol–water partition coefficient (Wildman–Crippen LogP) is 1.96. The molecule has 0 saturated heterocycles. The highest BCUT2D eigenvalue weighted by molar-refractivity contribution is 5.26. The van der Waals surface area contributed by atoms with Gasteiger partial charge >= 0.3 is 0 Å². The van der Waals surface area contributed by atoms with Gasteiger partial charge in [-0.2, -0.15) is 0 Å². The first-order valence-electron chi connectivity index (χ1n) is 6.58. The second-order valence-electron chi connectivity index (χ2n) is 4.44. The maximum absolute atomic E-state index is 5.78. The van der Waals surface area contributed by atoms with Crippen LogP contribution in [0.1, 0.15) is 23.9 Å². The number of benzene rings is 1. The third-order valence-corrected chi connectivity index (χ3v) is 3.16. The van der Waals surface area contributed by atoms with Crippen molar-refractivity contribution in [2.24, 2.45) is 5.73 Å². The highest BCUT2D eigenvalue weighted by Crippen LogP contribution is 2.12. The summed E-state index contributed by atoms with van der Waals surface area (Å²) >= 11 is 0. The second-order valence-corrected chi connectivity index (χ2v) is 4.44. The van der Waals surface area contributed by atoms with Crippen LogP contribution in [-0.2, 0) is 19.6 Å². The minimum atomic E-state index is 0.579. The molecular formula is C15H20N4. The van der Waals surface area contributed by atoms with Gasteiger partial charge in [0, 0.05) is 25.5 Å². The molecule has 0 saturated carbocycles. The van der Waals surface area contributed by atoms with Crippen LogP contribution in [-0.4, -0.2) is 21.4 Å². The number of nitrogens with two attached hydrogens (primary N) is 1. The van der Waals surface area contributed by atoms with Crippen molar-refractivity contribution in [3.05, 3.63) is 59.7 Å². The van der Waals surface area contributed by atoms with Crippen LogP contribution in [0.5, 0.6) is 0 Å². The van der Waals surface area contributed by atoms with E-state index in [4.69, 9.17) is 5.73 Å². The van der Waals surface area contributed by atoms with E-state index in [0.29, 0.717) is 6.54 Å². The molecule has 0 spiro atoms. The van der Waals surface area contributed by atoms with Crippen molar-refractivity contribution in [1.82, 2.24) is 14.9 Å². The number of hydrogen-bond acceptors (Lipinski definition) is 4. The molecule has 0 radical (unpaired) electrons. The maximum Gasteiger partial charge on any atom is 0.142 e. The van der Waals surface area contributed by atoms with E-state index in [1.165, 1.54) is 11.1 Å². The van der Waals surface area contributed by atoms with Crippen LogP contribution in [0, 0.1) is 0 Å². The SMILES string of the molecule is CCN(Cc1ncccn1)Cc1ccccc1CN. The van der Waals surface area contributed by atoms with Crippen molar-refractivity contribution < 1.29 is 0 Å². The van der Waals surface area contributed by atoms with Gasteiger partial charge in [0.2, 0.25) is 0 Å². The zero-order chi connectivity index (χ0) is 13.5. The molecule has 100 valence electrons. The van der Waals surface area contributed by atoms with Gasteiger partial charge in [0.15, 0.2) is 0 Å². The van der Waals surface area contributed by atoms with Crippen LogP contribution in [0.3, 0.4) is 0 Å². The molecule has 4 heteroatoms. The Morgan fingerprint density at radius 3 is 2.32 bits per heavy atom. The van der Waals surface area contributed by atoms with E-state index in [1.807, 2.05) is 12.1 Å². The van der Waals surface area contributed by atoms with E-state index < -0.39 is 0 Å². The van der Waals surface area contributed by atoms with E-state index >= 15 is 0 Å². The topological polar surface area (TPSA) is 55.0 Å². The van der Waals surface area contributed by atoms with Crippen molar-refractivity contribution in [2.45, 2.75) is 26.6 Å². The molecular weight excluding hydrogens is 236 g/mol. The fourth-order valence-corrected chi connectivity index (χ4v) is 2.04. The standard InChI is InChI=1S/C15H20N4/c1-2-19(12-15-17-8-5-9-18-15)11-14-7-4-3-6-13(14)10-16/h3-9H,2,10-12,16H2,1H3. The third-order valence-electron chi connectivity index (χ3n) is 3.16. The summed E-state index contributed by atoms with van der Waals surface area (Å²) in [5.74, 6) is 0.856. The molecule has 1 aromatic carbocycles. The van der Waals surface area contributed by atoms with Crippen molar-refractivity contribution in [3.63, 3.8) is 0 Å². The van der Waals surface area contributed by atoms with E-state index in [9.17, 15) is 0 Å². The molecule has 1 aromatic heterocycles. The number of nitrogens with zero attached hydrogens (tertiary/aromatic N) is 3. The summed E-state index contributed by atoms with van der Waals surface area (Å²) in [6.07, 6.45) is 3.56. The van der Waals surface area contributed by atoms with E-state index in [2.05, 4.69) is 40.0 Å². The molecule has 2 aromatic rings. The van der Waals surface area contributed by atoms with Crippen molar-refractivity contribution in [2.75, 3.05) is 6.54 Å². The third kappa shape index (κ3) is 3.84. The molecule has 1 heterocycles. The molecule has 4 nitrogen and oxygen atoms in total. The molecule has 0 aliphatic heterocycles. The average Bonchev–Trinajstić information content (AvgIpc) is 2.48. The Kier molecular flexibility index (Phi) is 5.01. The van der Waals surface area contributed by atoms with Gasteiger partial charge in [-0.25, -0.2) is 9.97 Å². The van der Waals surface area contributed by atoms with E-state index in [-0.39, 0.29) is 0 Å². The van der Waals surface area contributed by atoms with Gasteiger partial charge in [-0.3, -0.25) is 4.90 Å². The molecule has 0 fully saturated rings. The molecule has 0 atom stereocenters. The lowest BCUT2D eigenvalue weighted by molar-refractivity contribution is 0.263. The Morgan fingerprint density at radius 1 is 1.00 bits per heavy atom. The van der Waals surface area contributed by atoms with Crippen molar-refractivity contribution >= 4 is 0 Å². The fourth-order valence-electron chi connectivity index (χ4n) is 2.04. The summed E-state index contributed by atoms with van der Waals surface area (Å²) in [7, 11) is 0. The maximum atomic E-state index is 5.78. The molecule has 0 aliphatic rings. The minimum absolute atomic E-state index is 0.579. The minimum Gasteiger partial charge on any atom is -0.326 e. The Labute approximate surface area is 114 Å². The Morgan fingerprint density at radius 2 is 1.68 bits per heavy atom.